The second-order valence-electron chi connectivity index (χ2n) is 10.4. The van der Waals surface area contributed by atoms with Crippen molar-refractivity contribution in [1.29, 1.82) is 0 Å². The highest BCUT2D eigenvalue weighted by atomic mass is 35.5. The number of hydrogen-bond acceptors (Lipinski definition) is 2. The Morgan fingerprint density at radius 1 is 0.310 bits per heavy atom. The van der Waals surface area contributed by atoms with E-state index in [1.54, 1.807) is 0 Å². The van der Waals surface area contributed by atoms with E-state index in [4.69, 9.17) is 23.2 Å². The molecule has 0 radical (unpaired) electrons. The first kappa shape index (κ1) is 25.0. The first-order chi connectivity index (χ1) is 20.7. The van der Waals surface area contributed by atoms with Crippen LogP contribution in [0.25, 0.3) is 11.1 Å². The molecule has 0 amide bonds. The Balaban J connectivity index is 1.46. The number of hydrogen-bond donors (Lipinski definition) is 0. The largest absolute Gasteiger partial charge is 0.309 e. The molecule has 0 saturated carbocycles. The average molecular weight is 580 g/mol. The lowest BCUT2D eigenvalue weighted by molar-refractivity contribution is 1.22. The van der Waals surface area contributed by atoms with Crippen molar-refractivity contribution in [2.45, 2.75) is 0 Å². The van der Waals surface area contributed by atoms with Crippen LogP contribution in [0.4, 0.5) is 34.1 Å². The summed E-state index contributed by atoms with van der Waals surface area (Å²) in [6, 6.07) is 51.0. The van der Waals surface area contributed by atoms with Gasteiger partial charge in [-0.05, 0) is 72.8 Å². The van der Waals surface area contributed by atoms with Crippen molar-refractivity contribution in [2.75, 3.05) is 9.80 Å². The van der Waals surface area contributed by atoms with E-state index in [1.807, 2.05) is 24.3 Å². The molecule has 200 valence electrons. The topological polar surface area (TPSA) is 6.48 Å². The molecule has 0 aromatic heterocycles. The Morgan fingerprint density at radius 3 is 0.857 bits per heavy atom. The number of fused-ring (bicyclic) bond motifs is 4. The van der Waals surface area contributed by atoms with Crippen molar-refractivity contribution in [1.82, 2.24) is 0 Å². The minimum absolute atomic E-state index is 0.723. The highest BCUT2D eigenvalue weighted by Crippen LogP contribution is 2.56. The van der Waals surface area contributed by atoms with Crippen LogP contribution in [0.5, 0.6) is 0 Å². The molecular formula is C38H24Cl2N2. The molecule has 2 aliphatic heterocycles. The summed E-state index contributed by atoms with van der Waals surface area (Å²) < 4.78 is 0. The van der Waals surface area contributed by atoms with Gasteiger partial charge in [-0.3, -0.25) is 0 Å². The quantitative estimate of drug-likeness (QED) is 0.201. The van der Waals surface area contributed by atoms with Crippen molar-refractivity contribution >= 4 is 68.5 Å². The average Bonchev–Trinajstić information content (AvgIpc) is 3.04. The summed E-state index contributed by atoms with van der Waals surface area (Å²) in [5.41, 5.74) is 13.9. The summed E-state index contributed by atoms with van der Waals surface area (Å²) in [4.78, 5) is 4.68. The van der Waals surface area contributed by atoms with E-state index in [9.17, 15) is 0 Å². The summed E-state index contributed by atoms with van der Waals surface area (Å²) in [6.07, 6.45) is 0. The van der Waals surface area contributed by atoms with Gasteiger partial charge in [-0.15, -0.1) is 0 Å². The van der Waals surface area contributed by atoms with Crippen LogP contribution in [-0.4, -0.2) is 0 Å². The van der Waals surface area contributed by atoms with E-state index < -0.39 is 0 Å². The molecule has 42 heavy (non-hydrogen) atoms. The Hall–Kier alpha value is -4.76. The zero-order valence-electron chi connectivity index (χ0n) is 22.5. The smallest absolute Gasteiger partial charge is 0.0540 e. The van der Waals surface area contributed by atoms with Gasteiger partial charge in [-0.2, -0.15) is 0 Å². The lowest BCUT2D eigenvalue weighted by Crippen LogP contribution is -2.21. The van der Waals surface area contributed by atoms with Gasteiger partial charge in [-0.25, -0.2) is 0 Å². The fourth-order valence-corrected chi connectivity index (χ4v) is 6.60. The summed E-state index contributed by atoms with van der Waals surface area (Å²) in [5.74, 6) is 0. The number of anilines is 6. The third-order valence-electron chi connectivity index (χ3n) is 8.08. The van der Waals surface area contributed by atoms with Gasteiger partial charge in [0.05, 0.1) is 22.7 Å². The molecule has 0 bridgehead atoms. The Morgan fingerprint density at radius 2 is 0.571 bits per heavy atom. The maximum absolute atomic E-state index is 6.30. The van der Waals surface area contributed by atoms with Crippen LogP contribution in [0.2, 0.25) is 10.0 Å². The molecule has 0 unspecified atom stereocenters. The maximum atomic E-state index is 6.30. The van der Waals surface area contributed by atoms with E-state index >= 15 is 0 Å². The van der Waals surface area contributed by atoms with Crippen molar-refractivity contribution in [3.63, 3.8) is 0 Å². The van der Waals surface area contributed by atoms with E-state index in [0.717, 1.165) is 44.2 Å². The highest BCUT2D eigenvalue weighted by Gasteiger charge is 2.34. The zero-order chi connectivity index (χ0) is 28.2. The summed E-state index contributed by atoms with van der Waals surface area (Å²) in [7, 11) is 0. The molecule has 0 fully saturated rings. The van der Waals surface area contributed by atoms with Gasteiger partial charge < -0.3 is 9.80 Å². The fraction of sp³-hybridized carbons (Fsp3) is 0. The fourth-order valence-electron chi connectivity index (χ4n) is 6.35. The molecule has 2 heterocycles. The number of rotatable bonds is 2. The number of nitrogens with zero attached hydrogens (tertiary/aromatic N) is 2. The molecule has 6 aromatic carbocycles. The molecule has 8 rings (SSSR count). The summed E-state index contributed by atoms with van der Waals surface area (Å²) in [6.45, 7) is 0. The second kappa shape index (κ2) is 9.95. The third-order valence-corrected chi connectivity index (χ3v) is 8.58. The molecule has 2 aliphatic rings. The Kier molecular flexibility index (Phi) is 5.92. The minimum Gasteiger partial charge on any atom is -0.309 e. The van der Waals surface area contributed by atoms with Gasteiger partial charge in [0, 0.05) is 54.8 Å². The predicted molar refractivity (Wildman–Crippen MR) is 177 cm³/mol. The monoisotopic (exact) mass is 578 g/mol. The first-order valence-corrected chi connectivity index (χ1v) is 14.7. The van der Waals surface area contributed by atoms with Crippen LogP contribution in [0.3, 0.4) is 0 Å². The van der Waals surface area contributed by atoms with Gasteiger partial charge in [0.15, 0.2) is 0 Å². The minimum atomic E-state index is 0.723. The van der Waals surface area contributed by atoms with E-state index in [1.165, 1.54) is 33.4 Å². The molecular weight excluding hydrogens is 555 g/mol. The van der Waals surface area contributed by atoms with E-state index in [0.29, 0.717) is 0 Å². The lowest BCUT2D eigenvalue weighted by Gasteiger charge is -2.39. The SMILES string of the molecule is Clc1ccc(N2c3ccccc3C(=C3c4ccccc4N(c4ccc(Cl)cc4)c4ccccc43)c3ccccc32)cc1. The van der Waals surface area contributed by atoms with Crippen LogP contribution in [0.1, 0.15) is 22.3 Å². The van der Waals surface area contributed by atoms with Gasteiger partial charge in [0.25, 0.3) is 0 Å². The predicted octanol–water partition coefficient (Wildman–Crippen LogP) is 11.6. The third kappa shape index (κ3) is 3.88. The van der Waals surface area contributed by atoms with Crippen molar-refractivity contribution < 1.29 is 0 Å². The van der Waals surface area contributed by atoms with Gasteiger partial charge in [0.1, 0.15) is 0 Å². The van der Waals surface area contributed by atoms with Crippen molar-refractivity contribution in [3.8, 4) is 0 Å². The number of halogens is 2. The van der Waals surface area contributed by atoms with Crippen molar-refractivity contribution in [3.05, 3.63) is 178 Å². The first-order valence-electron chi connectivity index (χ1n) is 13.9. The molecule has 0 N–H and O–H groups in total. The van der Waals surface area contributed by atoms with Gasteiger partial charge in [0.2, 0.25) is 0 Å². The Bertz CT molecular complexity index is 1760. The molecule has 0 atom stereocenters. The summed E-state index contributed by atoms with van der Waals surface area (Å²) in [5, 5.41) is 1.45. The number of para-hydroxylation sites is 4. The lowest BCUT2D eigenvalue weighted by atomic mass is 9.79. The summed E-state index contributed by atoms with van der Waals surface area (Å²) >= 11 is 12.6. The van der Waals surface area contributed by atoms with E-state index in [-0.39, 0.29) is 0 Å². The van der Waals surface area contributed by atoms with Crippen LogP contribution in [0.15, 0.2) is 146 Å². The highest BCUT2D eigenvalue weighted by molar-refractivity contribution is 6.31. The molecule has 2 nitrogen and oxygen atoms in total. The van der Waals surface area contributed by atoms with Crippen molar-refractivity contribution in [2.24, 2.45) is 0 Å². The Labute approximate surface area is 255 Å². The molecule has 4 heteroatoms. The standard InChI is InChI=1S/C38H24Cl2N2/c39-25-17-21-27(22-18-25)41-33-13-5-1-9-29(33)37(30-10-2-6-14-34(30)41)38-31-11-3-7-15-35(31)42(28-23-19-26(40)20-24-28)36-16-8-4-12-32(36)38/h1-24H. The van der Waals surface area contributed by atoms with Crippen LogP contribution >= 0.6 is 23.2 Å². The van der Waals surface area contributed by atoms with Crippen LogP contribution in [0, 0.1) is 0 Å². The van der Waals surface area contributed by atoms with Crippen LogP contribution < -0.4 is 9.80 Å². The molecule has 6 aromatic rings. The molecule has 0 saturated heterocycles. The van der Waals surface area contributed by atoms with Gasteiger partial charge in [-0.1, -0.05) is 96.0 Å². The zero-order valence-corrected chi connectivity index (χ0v) is 24.0. The molecule has 0 aliphatic carbocycles. The van der Waals surface area contributed by atoms with Gasteiger partial charge >= 0.3 is 0 Å². The molecule has 0 spiro atoms. The van der Waals surface area contributed by atoms with Crippen LogP contribution in [-0.2, 0) is 0 Å². The normalized spacial score (nSPS) is 13.3. The maximum Gasteiger partial charge on any atom is 0.0540 e. The van der Waals surface area contributed by atoms with E-state index in [2.05, 4.69) is 131 Å². The number of benzene rings is 6. The second-order valence-corrected chi connectivity index (χ2v) is 11.3.